The SMILES string of the molecule is CCOc1ccc(N([C@@H](C)C(=O)NCC2(c3ccccc3)CCOCC2)S(C)(=O)=O)cc1. The van der Waals surface area contributed by atoms with E-state index in [2.05, 4.69) is 17.4 Å². The first kappa shape index (κ1) is 24.1. The number of sulfonamides is 1. The molecule has 1 saturated heterocycles. The zero-order chi connectivity index (χ0) is 23.2. The van der Waals surface area contributed by atoms with E-state index in [1.807, 2.05) is 25.1 Å². The van der Waals surface area contributed by atoms with Crippen LogP contribution in [0.1, 0.15) is 32.3 Å². The van der Waals surface area contributed by atoms with E-state index in [9.17, 15) is 13.2 Å². The van der Waals surface area contributed by atoms with Crippen LogP contribution in [-0.4, -0.2) is 53.0 Å². The van der Waals surface area contributed by atoms with Gasteiger partial charge in [-0.3, -0.25) is 9.10 Å². The standard InChI is InChI=1S/C24H32N2O5S/c1-4-31-22-12-10-21(11-13-22)26(32(3,28)29)19(2)23(27)25-18-24(14-16-30-17-15-24)20-8-6-5-7-9-20/h5-13,19H,4,14-18H2,1-3H3,(H,25,27)/t19-/m0/s1. The number of hydrogen-bond acceptors (Lipinski definition) is 5. The van der Waals surface area contributed by atoms with Gasteiger partial charge in [0.05, 0.1) is 18.6 Å². The van der Waals surface area contributed by atoms with E-state index < -0.39 is 16.1 Å². The molecule has 0 unspecified atom stereocenters. The molecule has 174 valence electrons. The third-order valence-electron chi connectivity index (χ3n) is 5.93. The van der Waals surface area contributed by atoms with E-state index >= 15 is 0 Å². The lowest BCUT2D eigenvalue weighted by atomic mass is 9.74. The average Bonchev–Trinajstić information content (AvgIpc) is 2.79. The molecule has 2 aromatic rings. The Labute approximate surface area is 190 Å². The van der Waals surface area contributed by atoms with Crippen LogP contribution >= 0.6 is 0 Å². The van der Waals surface area contributed by atoms with Crippen molar-refractivity contribution in [1.29, 1.82) is 0 Å². The number of nitrogens with one attached hydrogen (secondary N) is 1. The fourth-order valence-corrected chi connectivity index (χ4v) is 5.36. The van der Waals surface area contributed by atoms with Gasteiger partial charge in [-0.05, 0) is 56.5 Å². The topological polar surface area (TPSA) is 84.9 Å². The lowest BCUT2D eigenvalue weighted by molar-refractivity contribution is -0.122. The molecule has 1 atom stereocenters. The van der Waals surface area contributed by atoms with Crippen LogP contribution in [0.5, 0.6) is 5.75 Å². The molecule has 0 aliphatic carbocycles. The molecule has 1 heterocycles. The highest BCUT2D eigenvalue weighted by atomic mass is 32.2. The monoisotopic (exact) mass is 460 g/mol. The number of rotatable bonds is 9. The van der Waals surface area contributed by atoms with E-state index in [1.165, 1.54) is 0 Å². The number of carbonyl (C=O) groups excluding carboxylic acids is 1. The summed E-state index contributed by atoms with van der Waals surface area (Å²) in [7, 11) is -3.69. The Morgan fingerprint density at radius 1 is 1.12 bits per heavy atom. The molecule has 0 saturated carbocycles. The van der Waals surface area contributed by atoms with Crippen molar-refractivity contribution in [3.63, 3.8) is 0 Å². The molecule has 0 aromatic heterocycles. The third-order valence-corrected chi connectivity index (χ3v) is 7.17. The minimum atomic E-state index is -3.69. The van der Waals surface area contributed by atoms with Crippen molar-refractivity contribution in [2.75, 3.05) is 36.9 Å². The first-order valence-corrected chi connectivity index (χ1v) is 12.7. The molecular formula is C24H32N2O5S. The average molecular weight is 461 g/mol. The number of hydrogen-bond donors (Lipinski definition) is 1. The Morgan fingerprint density at radius 3 is 2.31 bits per heavy atom. The van der Waals surface area contributed by atoms with Gasteiger partial charge in [-0.2, -0.15) is 0 Å². The highest BCUT2D eigenvalue weighted by molar-refractivity contribution is 7.92. The van der Waals surface area contributed by atoms with Crippen molar-refractivity contribution in [3.8, 4) is 5.75 Å². The Hall–Kier alpha value is -2.58. The predicted octanol–water partition coefficient (Wildman–Crippen LogP) is 3.10. The molecule has 3 rings (SSSR count). The van der Waals surface area contributed by atoms with Crippen molar-refractivity contribution < 1.29 is 22.7 Å². The van der Waals surface area contributed by atoms with Crippen molar-refractivity contribution in [2.45, 2.75) is 38.1 Å². The second kappa shape index (κ2) is 10.4. The Balaban J connectivity index is 1.78. The second-order valence-corrected chi connectivity index (χ2v) is 10.00. The Morgan fingerprint density at radius 2 is 1.75 bits per heavy atom. The van der Waals surface area contributed by atoms with Gasteiger partial charge in [0.15, 0.2) is 0 Å². The smallest absolute Gasteiger partial charge is 0.243 e. The van der Waals surface area contributed by atoms with Gasteiger partial charge >= 0.3 is 0 Å². The zero-order valence-corrected chi connectivity index (χ0v) is 19.7. The van der Waals surface area contributed by atoms with Crippen LogP contribution in [-0.2, 0) is 25.0 Å². The summed E-state index contributed by atoms with van der Waals surface area (Å²) in [4.78, 5) is 13.1. The lowest BCUT2D eigenvalue weighted by Gasteiger charge is -2.38. The summed E-state index contributed by atoms with van der Waals surface area (Å²) in [5, 5.41) is 3.02. The number of anilines is 1. The minimum absolute atomic E-state index is 0.232. The van der Waals surface area contributed by atoms with Gasteiger partial charge in [0, 0.05) is 25.2 Å². The fourth-order valence-electron chi connectivity index (χ4n) is 4.19. The van der Waals surface area contributed by atoms with Crippen molar-refractivity contribution in [2.24, 2.45) is 0 Å². The Kier molecular flexibility index (Phi) is 7.79. The molecule has 8 heteroatoms. The maximum atomic E-state index is 13.1. The molecule has 1 fully saturated rings. The van der Waals surface area contributed by atoms with Gasteiger partial charge in [-0.25, -0.2) is 8.42 Å². The lowest BCUT2D eigenvalue weighted by Crippen LogP contribution is -2.51. The van der Waals surface area contributed by atoms with Crippen LogP contribution in [0.2, 0.25) is 0 Å². The quantitative estimate of drug-likeness (QED) is 0.622. The Bertz CT molecular complexity index is 987. The number of amides is 1. The van der Waals surface area contributed by atoms with Crippen LogP contribution in [0, 0.1) is 0 Å². The molecule has 1 N–H and O–H groups in total. The molecule has 32 heavy (non-hydrogen) atoms. The first-order valence-electron chi connectivity index (χ1n) is 10.9. The van der Waals surface area contributed by atoms with Gasteiger partial charge in [-0.15, -0.1) is 0 Å². The summed E-state index contributed by atoms with van der Waals surface area (Å²) < 4.78 is 37.3. The van der Waals surface area contributed by atoms with E-state index in [0.717, 1.165) is 29.0 Å². The summed E-state index contributed by atoms with van der Waals surface area (Å²) in [6, 6.07) is 15.9. The van der Waals surface area contributed by atoms with E-state index in [-0.39, 0.29) is 11.3 Å². The molecule has 1 amide bonds. The summed E-state index contributed by atoms with van der Waals surface area (Å²) in [5.74, 6) is 0.303. The van der Waals surface area contributed by atoms with Crippen molar-refractivity contribution >= 4 is 21.6 Å². The van der Waals surface area contributed by atoms with Crippen LogP contribution in [0.4, 0.5) is 5.69 Å². The van der Waals surface area contributed by atoms with Gasteiger partial charge in [0.1, 0.15) is 11.8 Å². The van der Waals surface area contributed by atoms with Gasteiger partial charge in [0.2, 0.25) is 15.9 Å². The number of carbonyl (C=O) groups is 1. The molecule has 1 aliphatic heterocycles. The van der Waals surface area contributed by atoms with Crippen LogP contribution in [0.15, 0.2) is 54.6 Å². The fraction of sp³-hybridized carbons (Fsp3) is 0.458. The third kappa shape index (κ3) is 5.61. The molecule has 0 spiro atoms. The number of ether oxygens (including phenoxy) is 2. The van der Waals surface area contributed by atoms with Crippen LogP contribution in [0.25, 0.3) is 0 Å². The van der Waals surface area contributed by atoms with E-state index in [4.69, 9.17) is 9.47 Å². The molecular weight excluding hydrogens is 428 g/mol. The summed E-state index contributed by atoms with van der Waals surface area (Å²) in [6.07, 6.45) is 2.69. The van der Waals surface area contributed by atoms with Crippen molar-refractivity contribution in [1.82, 2.24) is 5.32 Å². The maximum Gasteiger partial charge on any atom is 0.243 e. The normalized spacial score (nSPS) is 16.7. The summed E-state index contributed by atoms with van der Waals surface area (Å²) in [6.45, 7) is 5.67. The molecule has 2 aromatic carbocycles. The zero-order valence-electron chi connectivity index (χ0n) is 18.9. The van der Waals surface area contributed by atoms with Gasteiger partial charge in [-0.1, -0.05) is 30.3 Å². The van der Waals surface area contributed by atoms with Gasteiger partial charge < -0.3 is 14.8 Å². The molecule has 0 radical (unpaired) electrons. The highest BCUT2D eigenvalue weighted by Crippen LogP contribution is 2.34. The maximum absolute atomic E-state index is 13.1. The van der Waals surface area contributed by atoms with Crippen LogP contribution in [0.3, 0.4) is 0 Å². The molecule has 7 nitrogen and oxygen atoms in total. The van der Waals surface area contributed by atoms with E-state index in [0.29, 0.717) is 37.8 Å². The minimum Gasteiger partial charge on any atom is -0.494 e. The van der Waals surface area contributed by atoms with Crippen molar-refractivity contribution in [3.05, 3.63) is 60.2 Å². The second-order valence-electron chi connectivity index (χ2n) is 8.14. The van der Waals surface area contributed by atoms with Crippen LogP contribution < -0.4 is 14.4 Å². The van der Waals surface area contributed by atoms with Gasteiger partial charge in [0.25, 0.3) is 0 Å². The summed E-state index contributed by atoms with van der Waals surface area (Å²) >= 11 is 0. The summed E-state index contributed by atoms with van der Waals surface area (Å²) in [5.41, 5.74) is 1.34. The number of benzene rings is 2. The largest absolute Gasteiger partial charge is 0.494 e. The highest BCUT2D eigenvalue weighted by Gasteiger charge is 2.36. The first-order chi connectivity index (χ1) is 15.3. The number of nitrogens with zero attached hydrogens (tertiary/aromatic N) is 1. The molecule has 0 bridgehead atoms. The predicted molar refractivity (Wildman–Crippen MR) is 126 cm³/mol. The van der Waals surface area contributed by atoms with E-state index in [1.54, 1.807) is 31.2 Å². The molecule has 1 aliphatic rings.